The zero-order valence-corrected chi connectivity index (χ0v) is 16.3. The van der Waals surface area contributed by atoms with Gasteiger partial charge in [-0.15, -0.1) is 0 Å². The largest absolute Gasteiger partial charge is 0.329 e. The van der Waals surface area contributed by atoms with Crippen LogP contribution < -0.4 is 11.2 Å². The van der Waals surface area contributed by atoms with Crippen molar-refractivity contribution in [3.05, 3.63) is 99.0 Å². The Labute approximate surface area is 167 Å². The van der Waals surface area contributed by atoms with Crippen molar-refractivity contribution in [3.63, 3.8) is 0 Å². The third-order valence-corrected chi connectivity index (χ3v) is 5.03. The van der Waals surface area contributed by atoms with Gasteiger partial charge in [0.2, 0.25) is 0 Å². The molecule has 0 radical (unpaired) electrons. The number of nitrogens with one attached hydrogen (secondary N) is 1. The topological polar surface area (TPSA) is 75.9 Å². The first-order valence-electron chi connectivity index (χ1n) is 9.56. The number of aromatic amines is 1. The Morgan fingerprint density at radius 1 is 0.931 bits per heavy atom. The lowest BCUT2D eigenvalue weighted by Crippen LogP contribution is -2.30. The minimum atomic E-state index is -0.456. The standard InChI is InChI=1S/C22H23N5O2/c1-25-20-19(21(28)24-22(25)29)27(16-23-20)13-12-26(14-17-8-4-2-5-9-17)15-18-10-6-3-7-11-18/h2-11,16H,12-15H2,1H3,(H,24,28,29). The van der Waals surface area contributed by atoms with Gasteiger partial charge in [-0.05, 0) is 11.1 Å². The number of fused-ring (bicyclic) bond motifs is 1. The minimum absolute atomic E-state index is 0.399. The number of rotatable bonds is 7. The fourth-order valence-electron chi connectivity index (χ4n) is 3.50. The number of nitrogens with zero attached hydrogens (tertiary/aromatic N) is 4. The van der Waals surface area contributed by atoms with Gasteiger partial charge in [0.1, 0.15) is 0 Å². The molecule has 2 heterocycles. The molecule has 29 heavy (non-hydrogen) atoms. The van der Waals surface area contributed by atoms with E-state index in [9.17, 15) is 9.59 Å². The van der Waals surface area contributed by atoms with Crippen molar-refractivity contribution in [2.45, 2.75) is 19.6 Å². The summed E-state index contributed by atoms with van der Waals surface area (Å²) < 4.78 is 3.18. The Kier molecular flexibility index (Phi) is 5.39. The summed E-state index contributed by atoms with van der Waals surface area (Å²) in [5.74, 6) is 0. The number of hydrogen-bond acceptors (Lipinski definition) is 4. The Balaban J connectivity index is 1.58. The molecular formula is C22H23N5O2. The molecule has 4 rings (SSSR count). The average molecular weight is 389 g/mol. The molecule has 2 aromatic heterocycles. The lowest BCUT2D eigenvalue weighted by molar-refractivity contribution is 0.247. The normalized spacial score (nSPS) is 11.4. The molecule has 0 saturated carbocycles. The van der Waals surface area contributed by atoms with Gasteiger partial charge in [0.15, 0.2) is 11.2 Å². The quantitative estimate of drug-likeness (QED) is 0.525. The molecule has 7 nitrogen and oxygen atoms in total. The highest BCUT2D eigenvalue weighted by Gasteiger charge is 2.13. The van der Waals surface area contributed by atoms with Crippen LogP contribution in [0.15, 0.2) is 76.6 Å². The third-order valence-electron chi connectivity index (χ3n) is 5.03. The van der Waals surface area contributed by atoms with Crippen molar-refractivity contribution in [1.82, 2.24) is 24.0 Å². The second kappa shape index (κ2) is 8.28. The average Bonchev–Trinajstić information content (AvgIpc) is 3.17. The van der Waals surface area contributed by atoms with Crippen LogP contribution in [0.4, 0.5) is 0 Å². The summed E-state index contributed by atoms with van der Waals surface area (Å²) in [7, 11) is 1.61. The van der Waals surface area contributed by atoms with Crippen LogP contribution >= 0.6 is 0 Å². The Morgan fingerprint density at radius 3 is 2.10 bits per heavy atom. The number of H-pyrrole nitrogens is 1. The van der Waals surface area contributed by atoms with Crippen LogP contribution in [-0.4, -0.2) is 30.5 Å². The van der Waals surface area contributed by atoms with Crippen molar-refractivity contribution in [3.8, 4) is 0 Å². The molecule has 7 heteroatoms. The van der Waals surface area contributed by atoms with Crippen LogP contribution in [0.3, 0.4) is 0 Å². The summed E-state index contributed by atoms with van der Waals surface area (Å²) in [6.07, 6.45) is 1.63. The predicted molar refractivity (Wildman–Crippen MR) is 113 cm³/mol. The molecule has 0 spiro atoms. The number of aromatic nitrogens is 4. The van der Waals surface area contributed by atoms with Crippen molar-refractivity contribution in [2.24, 2.45) is 7.05 Å². The highest BCUT2D eigenvalue weighted by Crippen LogP contribution is 2.11. The first kappa shape index (κ1) is 18.9. The van der Waals surface area contributed by atoms with E-state index >= 15 is 0 Å². The van der Waals surface area contributed by atoms with Gasteiger partial charge < -0.3 is 4.57 Å². The van der Waals surface area contributed by atoms with E-state index < -0.39 is 11.2 Å². The molecule has 0 unspecified atom stereocenters. The maximum absolute atomic E-state index is 12.3. The lowest BCUT2D eigenvalue weighted by atomic mass is 10.1. The second-order valence-electron chi connectivity index (χ2n) is 7.11. The van der Waals surface area contributed by atoms with Gasteiger partial charge in [-0.25, -0.2) is 9.78 Å². The van der Waals surface area contributed by atoms with E-state index in [0.29, 0.717) is 17.7 Å². The SMILES string of the molecule is Cn1c(=O)[nH]c(=O)c2c1ncn2CCN(Cc1ccccc1)Cc1ccccc1. The molecule has 0 amide bonds. The van der Waals surface area contributed by atoms with Crippen LogP contribution in [-0.2, 0) is 26.7 Å². The summed E-state index contributed by atoms with van der Waals surface area (Å²) in [5, 5.41) is 0. The third kappa shape index (κ3) is 4.20. The van der Waals surface area contributed by atoms with Crippen LogP contribution in [0, 0.1) is 0 Å². The molecule has 0 atom stereocenters. The molecule has 0 saturated heterocycles. The molecule has 1 N–H and O–H groups in total. The molecule has 2 aromatic carbocycles. The molecule has 148 valence electrons. The molecule has 0 aliphatic heterocycles. The van der Waals surface area contributed by atoms with Crippen LogP contribution in [0.1, 0.15) is 11.1 Å². The molecule has 0 aliphatic rings. The fourth-order valence-corrected chi connectivity index (χ4v) is 3.50. The zero-order valence-electron chi connectivity index (χ0n) is 16.3. The fraction of sp³-hybridized carbons (Fsp3) is 0.227. The summed E-state index contributed by atoms with van der Waals surface area (Å²) in [5.41, 5.74) is 2.43. The van der Waals surface area contributed by atoms with Crippen molar-refractivity contribution in [2.75, 3.05) is 6.54 Å². The van der Waals surface area contributed by atoms with Crippen LogP contribution in [0.25, 0.3) is 11.2 Å². The number of imidazole rings is 1. The maximum Gasteiger partial charge on any atom is 0.329 e. The van der Waals surface area contributed by atoms with E-state index in [-0.39, 0.29) is 0 Å². The molecular weight excluding hydrogens is 366 g/mol. The van der Waals surface area contributed by atoms with E-state index in [4.69, 9.17) is 0 Å². The highest BCUT2D eigenvalue weighted by molar-refractivity contribution is 5.69. The Hall–Kier alpha value is -3.45. The van der Waals surface area contributed by atoms with Crippen LogP contribution in [0.2, 0.25) is 0 Å². The number of aryl methyl sites for hydroxylation is 1. The van der Waals surface area contributed by atoms with E-state index in [2.05, 4.69) is 39.1 Å². The number of hydrogen-bond donors (Lipinski definition) is 1. The Morgan fingerprint density at radius 2 is 1.52 bits per heavy atom. The van der Waals surface area contributed by atoms with Gasteiger partial charge in [0.25, 0.3) is 5.56 Å². The maximum atomic E-state index is 12.3. The smallest absolute Gasteiger partial charge is 0.323 e. The molecule has 0 fully saturated rings. The first-order chi connectivity index (χ1) is 14.1. The van der Waals surface area contributed by atoms with Crippen molar-refractivity contribution < 1.29 is 0 Å². The second-order valence-corrected chi connectivity index (χ2v) is 7.11. The molecule has 0 aliphatic carbocycles. The minimum Gasteiger partial charge on any atom is -0.323 e. The monoisotopic (exact) mass is 389 g/mol. The molecule has 0 bridgehead atoms. The predicted octanol–water partition coefficient (Wildman–Crippen LogP) is 2.13. The van der Waals surface area contributed by atoms with Crippen molar-refractivity contribution in [1.29, 1.82) is 0 Å². The van der Waals surface area contributed by atoms with E-state index in [1.807, 2.05) is 41.0 Å². The first-order valence-corrected chi connectivity index (χ1v) is 9.56. The van der Waals surface area contributed by atoms with Gasteiger partial charge in [-0.3, -0.25) is 19.2 Å². The van der Waals surface area contributed by atoms with Gasteiger partial charge in [0.05, 0.1) is 6.33 Å². The van der Waals surface area contributed by atoms with Crippen LogP contribution in [0.5, 0.6) is 0 Å². The zero-order chi connectivity index (χ0) is 20.2. The summed E-state index contributed by atoms with van der Waals surface area (Å²) in [6, 6.07) is 20.7. The van der Waals surface area contributed by atoms with Gasteiger partial charge in [-0.1, -0.05) is 60.7 Å². The molecule has 4 aromatic rings. The van der Waals surface area contributed by atoms with Gasteiger partial charge in [-0.2, -0.15) is 0 Å². The van der Waals surface area contributed by atoms with Crippen molar-refractivity contribution >= 4 is 11.2 Å². The van der Waals surface area contributed by atoms with E-state index in [0.717, 1.165) is 19.6 Å². The van der Waals surface area contributed by atoms with Gasteiger partial charge >= 0.3 is 5.69 Å². The highest BCUT2D eigenvalue weighted by atomic mass is 16.2. The summed E-state index contributed by atoms with van der Waals surface area (Å²) in [4.78, 5) is 33.1. The van der Waals surface area contributed by atoms with E-state index in [1.165, 1.54) is 15.7 Å². The number of benzene rings is 2. The van der Waals surface area contributed by atoms with E-state index in [1.54, 1.807) is 13.4 Å². The summed E-state index contributed by atoms with van der Waals surface area (Å²) in [6.45, 7) is 2.93. The summed E-state index contributed by atoms with van der Waals surface area (Å²) >= 11 is 0. The Bertz CT molecular complexity index is 1170. The lowest BCUT2D eigenvalue weighted by Gasteiger charge is -2.23. The van der Waals surface area contributed by atoms with Gasteiger partial charge in [0, 0.05) is 33.2 Å².